The highest BCUT2D eigenvalue weighted by atomic mass is 15.2. The van der Waals surface area contributed by atoms with Gasteiger partial charge in [-0.05, 0) is 164 Å². The van der Waals surface area contributed by atoms with Gasteiger partial charge in [-0.3, -0.25) is 0 Å². The maximum absolute atomic E-state index is 2.52. The van der Waals surface area contributed by atoms with E-state index in [0.717, 1.165) is 33.8 Å². The minimum atomic E-state index is -0.137. The number of rotatable bonds is 4. The summed E-state index contributed by atoms with van der Waals surface area (Å²) < 4.78 is 7.53. The molecule has 0 saturated heterocycles. The first-order valence-electron chi connectivity index (χ1n) is 27.8. The van der Waals surface area contributed by atoms with Gasteiger partial charge in [-0.2, -0.15) is 0 Å². The zero-order valence-electron chi connectivity index (χ0n) is 47.6. The standard InChI is InChI=1S/C73H72N4/c1-69(2,3)45-23-35-61-55(39-45)56-40-46(70(4,5)6)24-36-62(56)76(61)51-31-33-53-54-34-32-52(77-63-37-25-47(71(7,8)9)41-57(63)58-42-48(72(10,11)12)26-38-64(58)77)44-68(54)75(67(53)43-51)50-29-27-49(28-30-50)74-65-21-17-15-19-59(65)73(13,14)60-20-16-18-22-66(60)74/h15-44H,1-14H3. The van der Waals surface area contributed by atoms with E-state index in [4.69, 9.17) is 0 Å². The SMILES string of the molecule is CC(C)(C)c1ccc2c(c1)c1cc(C(C)(C)C)ccc1n2-c1ccc2c3ccc(-n4c5ccc(C(C)(C)C)cc5c5cc(C(C)(C)C)ccc54)cc3n(-c3ccc(N4c5ccccc5C(C)(C)c5ccccc54)cc3)c2c1. The third-order valence-corrected chi connectivity index (χ3v) is 17.2. The fourth-order valence-electron chi connectivity index (χ4n) is 12.7. The molecule has 0 aliphatic carbocycles. The summed E-state index contributed by atoms with van der Waals surface area (Å²) in [5.74, 6) is 0. The molecule has 0 N–H and O–H groups in total. The Morgan fingerprint density at radius 3 is 0.909 bits per heavy atom. The van der Waals surface area contributed by atoms with Crippen molar-refractivity contribution in [3.8, 4) is 17.1 Å². The molecule has 1 aliphatic rings. The van der Waals surface area contributed by atoms with Crippen molar-refractivity contribution in [2.45, 2.75) is 124 Å². The van der Waals surface area contributed by atoms with E-state index >= 15 is 0 Å². The second-order valence-electron chi connectivity index (χ2n) is 26.8. The minimum absolute atomic E-state index is 0.0137. The minimum Gasteiger partial charge on any atom is -0.310 e. The molecule has 4 heteroatoms. The number of para-hydroxylation sites is 2. The van der Waals surface area contributed by atoms with E-state index in [0.29, 0.717) is 0 Å². The molecule has 4 nitrogen and oxygen atoms in total. The normalized spacial score (nSPS) is 14.2. The Morgan fingerprint density at radius 2 is 0.571 bits per heavy atom. The van der Waals surface area contributed by atoms with Crippen LogP contribution in [-0.4, -0.2) is 13.7 Å². The van der Waals surface area contributed by atoms with Crippen LogP contribution < -0.4 is 4.90 Å². The molecule has 12 aromatic rings. The summed E-state index contributed by atoms with van der Waals surface area (Å²) in [4.78, 5) is 2.46. The molecule has 384 valence electrons. The second kappa shape index (κ2) is 16.6. The first-order chi connectivity index (χ1) is 36.5. The number of anilines is 3. The number of benzene rings is 9. The summed E-state index contributed by atoms with van der Waals surface area (Å²) in [6, 6.07) is 70.1. The zero-order chi connectivity index (χ0) is 53.9. The average molecular weight is 1010 g/mol. The maximum atomic E-state index is 2.52. The lowest BCUT2D eigenvalue weighted by Crippen LogP contribution is -2.30. The van der Waals surface area contributed by atoms with Crippen molar-refractivity contribution in [3.63, 3.8) is 0 Å². The van der Waals surface area contributed by atoms with Gasteiger partial charge in [0.05, 0.1) is 44.5 Å². The largest absolute Gasteiger partial charge is 0.310 e. The van der Waals surface area contributed by atoms with Crippen molar-refractivity contribution < 1.29 is 0 Å². The van der Waals surface area contributed by atoms with Crippen LogP contribution in [0.25, 0.3) is 82.5 Å². The van der Waals surface area contributed by atoms with Crippen molar-refractivity contribution in [3.05, 3.63) is 215 Å². The molecule has 0 radical (unpaired) electrons. The Balaban J connectivity index is 1.07. The summed E-state index contributed by atoms with van der Waals surface area (Å²) >= 11 is 0. The van der Waals surface area contributed by atoms with Crippen molar-refractivity contribution >= 4 is 82.5 Å². The van der Waals surface area contributed by atoms with Crippen molar-refractivity contribution in [1.82, 2.24) is 13.7 Å². The molecule has 0 unspecified atom stereocenters. The average Bonchev–Trinajstić information content (AvgIpc) is 4.28. The first kappa shape index (κ1) is 48.8. The van der Waals surface area contributed by atoms with Gasteiger partial charge in [-0.1, -0.05) is 170 Å². The molecule has 0 spiro atoms. The quantitative estimate of drug-likeness (QED) is 0.172. The summed E-state index contributed by atoms with van der Waals surface area (Å²) in [6.07, 6.45) is 0. The summed E-state index contributed by atoms with van der Waals surface area (Å²) in [5.41, 5.74) is 22.1. The summed E-state index contributed by atoms with van der Waals surface area (Å²) in [5, 5.41) is 7.60. The Kier molecular flexibility index (Phi) is 10.5. The van der Waals surface area contributed by atoms with Crippen LogP contribution in [0.1, 0.15) is 130 Å². The summed E-state index contributed by atoms with van der Waals surface area (Å²) in [7, 11) is 0. The molecule has 0 fully saturated rings. The molecule has 0 bridgehead atoms. The van der Waals surface area contributed by atoms with Crippen LogP contribution in [0, 0.1) is 0 Å². The van der Waals surface area contributed by atoms with Crippen LogP contribution in [0.5, 0.6) is 0 Å². The monoisotopic (exact) mass is 1000 g/mol. The van der Waals surface area contributed by atoms with Crippen molar-refractivity contribution in [1.29, 1.82) is 0 Å². The molecule has 1 aliphatic heterocycles. The van der Waals surface area contributed by atoms with Crippen LogP contribution in [-0.2, 0) is 27.1 Å². The van der Waals surface area contributed by atoms with E-state index in [1.165, 1.54) is 99.1 Å². The Labute approximate surface area is 455 Å². The fraction of sp³-hybridized carbons (Fsp3) is 0.260. The topological polar surface area (TPSA) is 18.0 Å². The maximum Gasteiger partial charge on any atom is 0.0561 e. The van der Waals surface area contributed by atoms with Gasteiger partial charge in [0.25, 0.3) is 0 Å². The molecule has 9 aromatic carbocycles. The van der Waals surface area contributed by atoms with E-state index in [-0.39, 0.29) is 27.1 Å². The third-order valence-electron chi connectivity index (χ3n) is 17.2. The Hall–Kier alpha value is -7.82. The predicted molar refractivity (Wildman–Crippen MR) is 331 cm³/mol. The van der Waals surface area contributed by atoms with E-state index in [2.05, 4.69) is 298 Å². The van der Waals surface area contributed by atoms with Gasteiger partial charge in [0.1, 0.15) is 0 Å². The van der Waals surface area contributed by atoms with Crippen molar-refractivity contribution in [2.24, 2.45) is 0 Å². The van der Waals surface area contributed by atoms with Crippen LogP contribution >= 0.6 is 0 Å². The Morgan fingerprint density at radius 1 is 0.273 bits per heavy atom. The highest BCUT2D eigenvalue weighted by molar-refractivity contribution is 6.14. The Bertz CT molecular complexity index is 3980. The van der Waals surface area contributed by atoms with Gasteiger partial charge in [-0.25, -0.2) is 0 Å². The molecule has 0 saturated carbocycles. The smallest absolute Gasteiger partial charge is 0.0561 e. The zero-order valence-corrected chi connectivity index (χ0v) is 47.6. The second-order valence-corrected chi connectivity index (χ2v) is 26.8. The fourth-order valence-corrected chi connectivity index (χ4v) is 12.7. The van der Waals surface area contributed by atoms with Crippen LogP contribution in [0.2, 0.25) is 0 Å². The van der Waals surface area contributed by atoms with Gasteiger partial charge < -0.3 is 18.6 Å². The van der Waals surface area contributed by atoms with E-state index in [1.54, 1.807) is 0 Å². The highest BCUT2D eigenvalue weighted by Gasteiger charge is 2.36. The van der Waals surface area contributed by atoms with Gasteiger partial charge in [-0.15, -0.1) is 0 Å². The van der Waals surface area contributed by atoms with Gasteiger partial charge in [0, 0.05) is 60.5 Å². The van der Waals surface area contributed by atoms with Gasteiger partial charge in [0.2, 0.25) is 0 Å². The van der Waals surface area contributed by atoms with E-state index < -0.39 is 0 Å². The number of hydrogen-bond acceptors (Lipinski definition) is 1. The van der Waals surface area contributed by atoms with Crippen LogP contribution in [0.3, 0.4) is 0 Å². The van der Waals surface area contributed by atoms with Crippen LogP contribution in [0.15, 0.2) is 182 Å². The summed E-state index contributed by atoms with van der Waals surface area (Å²) in [6.45, 7) is 32.5. The van der Waals surface area contributed by atoms with Crippen LogP contribution in [0.4, 0.5) is 17.1 Å². The number of fused-ring (bicyclic) bond motifs is 11. The molecular weight excluding hydrogens is 933 g/mol. The van der Waals surface area contributed by atoms with E-state index in [9.17, 15) is 0 Å². The van der Waals surface area contributed by atoms with Crippen molar-refractivity contribution in [2.75, 3.05) is 4.90 Å². The molecule has 13 rings (SSSR count). The van der Waals surface area contributed by atoms with Gasteiger partial charge >= 0.3 is 0 Å². The lowest BCUT2D eigenvalue weighted by Gasteiger charge is -2.42. The molecule has 3 aromatic heterocycles. The van der Waals surface area contributed by atoms with E-state index in [1.807, 2.05) is 0 Å². The number of aromatic nitrogens is 3. The number of hydrogen-bond donors (Lipinski definition) is 0. The van der Waals surface area contributed by atoms with Gasteiger partial charge in [0.15, 0.2) is 0 Å². The lowest BCUT2D eigenvalue weighted by molar-refractivity contribution is 0.590. The number of nitrogens with zero attached hydrogens (tertiary/aromatic N) is 4. The molecule has 0 atom stereocenters. The molecule has 0 amide bonds. The third kappa shape index (κ3) is 7.60. The molecule has 77 heavy (non-hydrogen) atoms. The molecular formula is C73H72N4. The first-order valence-corrected chi connectivity index (χ1v) is 27.8. The predicted octanol–water partition coefficient (Wildman–Crippen LogP) is 20.3. The lowest BCUT2D eigenvalue weighted by atomic mass is 9.73. The molecule has 4 heterocycles. The highest BCUT2D eigenvalue weighted by Crippen LogP contribution is 2.52.